The lowest BCUT2D eigenvalue weighted by Gasteiger charge is -2.40. The van der Waals surface area contributed by atoms with Gasteiger partial charge >= 0.3 is 0 Å². The molecule has 2 aliphatic heterocycles. The second-order valence-corrected chi connectivity index (χ2v) is 8.72. The smallest absolute Gasteiger partial charge is 0.241 e. The number of unbranched alkanes of at least 4 members (excludes halogenated alkanes) is 1. The Balaban J connectivity index is 1.67. The van der Waals surface area contributed by atoms with E-state index < -0.39 is 5.66 Å². The molecule has 0 aromatic heterocycles. The first kappa shape index (κ1) is 21.3. The topological polar surface area (TPSA) is 50.8 Å². The van der Waals surface area contributed by atoms with Crippen LogP contribution in [0.15, 0.2) is 48.5 Å². The van der Waals surface area contributed by atoms with Gasteiger partial charge < -0.3 is 19.7 Å². The lowest BCUT2D eigenvalue weighted by atomic mass is 9.75. The maximum Gasteiger partial charge on any atom is 0.241 e. The van der Waals surface area contributed by atoms with E-state index in [9.17, 15) is 4.79 Å². The SMILES string of the molecule is CCCCOc1ccc(C=CC23NC(=O)CN2c2ccccc2C3(C)C)cc1OCC. The van der Waals surface area contributed by atoms with Gasteiger partial charge in [0, 0.05) is 11.1 Å². The van der Waals surface area contributed by atoms with E-state index in [1.807, 2.05) is 31.2 Å². The molecule has 31 heavy (non-hydrogen) atoms. The molecule has 0 aliphatic carbocycles. The quantitative estimate of drug-likeness (QED) is 0.617. The van der Waals surface area contributed by atoms with Gasteiger partial charge in [0.25, 0.3) is 0 Å². The molecular formula is C26H32N2O3. The molecule has 0 radical (unpaired) electrons. The summed E-state index contributed by atoms with van der Waals surface area (Å²) in [5.74, 6) is 1.57. The predicted octanol–water partition coefficient (Wildman–Crippen LogP) is 4.90. The van der Waals surface area contributed by atoms with Gasteiger partial charge in [-0.2, -0.15) is 0 Å². The van der Waals surface area contributed by atoms with E-state index in [1.54, 1.807) is 0 Å². The number of benzene rings is 2. The number of fused-ring (bicyclic) bond motifs is 3. The zero-order valence-electron chi connectivity index (χ0n) is 18.9. The summed E-state index contributed by atoms with van der Waals surface area (Å²) < 4.78 is 11.7. The second kappa shape index (κ2) is 8.29. The summed E-state index contributed by atoms with van der Waals surface area (Å²) in [4.78, 5) is 14.6. The fraction of sp³-hybridized carbons (Fsp3) is 0.423. The number of nitrogens with zero attached hydrogens (tertiary/aromatic N) is 1. The maximum atomic E-state index is 12.5. The number of amides is 1. The van der Waals surface area contributed by atoms with Gasteiger partial charge in [-0.3, -0.25) is 4.79 Å². The van der Waals surface area contributed by atoms with Gasteiger partial charge in [-0.15, -0.1) is 0 Å². The standard InChI is InChI=1S/C26H32N2O3/c1-5-7-16-31-22-13-12-19(17-23(22)30-6-2)14-15-26-25(3,4)20-10-8-9-11-21(20)28(26)18-24(29)27-26/h8-15,17H,5-7,16,18H2,1-4H3,(H,27,29). The average Bonchev–Trinajstić information content (AvgIpc) is 3.19. The molecule has 2 aromatic rings. The van der Waals surface area contributed by atoms with Crippen molar-refractivity contribution >= 4 is 17.7 Å². The molecule has 2 heterocycles. The number of nitrogens with one attached hydrogen (secondary N) is 1. The van der Waals surface area contributed by atoms with Crippen molar-refractivity contribution in [2.45, 2.75) is 51.6 Å². The molecule has 0 saturated carbocycles. The molecule has 1 atom stereocenters. The molecule has 5 nitrogen and oxygen atoms in total. The molecule has 4 rings (SSSR count). The first-order chi connectivity index (χ1) is 14.9. The third-order valence-corrected chi connectivity index (χ3v) is 6.42. The van der Waals surface area contributed by atoms with Crippen LogP contribution in [0.5, 0.6) is 11.5 Å². The first-order valence-electron chi connectivity index (χ1n) is 11.2. The van der Waals surface area contributed by atoms with Gasteiger partial charge in [-0.25, -0.2) is 0 Å². The Morgan fingerprint density at radius 3 is 2.68 bits per heavy atom. The highest BCUT2D eigenvalue weighted by Gasteiger charge is 2.59. The van der Waals surface area contributed by atoms with E-state index in [1.165, 1.54) is 5.56 Å². The number of ether oxygens (including phenoxy) is 2. The van der Waals surface area contributed by atoms with Gasteiger partial charge in [0.2, 0.25) is 5.91 Å². The molecular weight excluding hydrogens is 388 g/mol. The van der Waals surface area contributed by atoms with Crippen molar-refractivity contribution in [1.29, 1.82) is 0 Å². The van der Waals surface area contributed by atoms with Gasteiger partial charge in [0.05, 0.1) is 19.8 Å². The van der Waals surface area contributed by atoms with Gasteiger partial charge in [0.1, 0.15) is 5.66 Å². The summed E-state index contributed by atoms with van der Waals surface area (Å²) in [5, 5.41) is 3.27. The van der Waals surface area contributed by atoms with Gasteiger partial charge in [-0.1, -0.05) is 57.5 Å². The minimum Gasteiger partial charge on any atom is -0.490 e. The number of rotatable bonds is 8. The van der Waals surface area contributed by atoms with Crippen LogP contribution in [-0.4, -0.2) is 31.3 Å². The van der Waals surface area contributed by atoms with E-state index in [0.717, 1.165) is 35.6 Å². The normalized spacial score (nSPS) is 21.2. The summed E-state index contributed by atoms with van der Waals surface area (Å²) >= 11 is 0. The van der Waals surface area contributed by atoms with Crippen LogP contribution in [-0.2, 0) is 10.2 Å². The zero-order valence-corrected chi connectivity index (χ0v) is 18.9. The Morgan fingerprint density at radius 1 is 1.10 bits per heavy atom. The summed E-state index contributed by atoms with van der Waals surface area (Å²) in [6.07, 6.45) is 6.30. The van der Waals surface area contributed by atoms with E-state index >= 15 is 0 Å². The Kier molecular flexibility index (Phi) is 5.69. The minimum absolute atomic E-state index is 0.0434. The minimum atomic E-state index is -0.601. The van der Waals surface area contributed by atoms with E-state index in [0.29, 0.717) is 19.8 Å². The Bertz CT molecular complexity index is 998. The number of anilines is 1. The molecule has 164 valence electrons. The molecule has 0 bridgehead atoms. The van der Waals surface area contributed by atoms with Gasteiger partial charge in [-0.05, 0) is 48.7 Å². The molecule has 1 amide bonds. The molecule has 5 heteroatoms. The van der Waals surface area contributed by atoms with Crippen molar-refractivity contribution in [2.75, 3.05) is 24.7 Å². The molecule has 2 aliphatic rings. The predicted molar refractivity (Wildman–Crippen MR) is 125 cm³/mol. The zero-order chi connectivity index (χ0) is 22.1. The Hall–Kier alpha value is -2.95. The van der Waals surface area contributed by atoms with Crippen molar-refractivity contribution in [1.82, 2.24) is 5.32 Å². The van der Waals surface area contributed by atoms with Crippen molar-refractivity contribution in [2.24, 2.45) is 0 Å². The van der Waals surface area contributed by atoms with Crippen LogP contribution in [0, 0.1) is 0 Å². The fourth-order valence-corrected chi connectivity index (χ4v) is 4.70. The van der Waals surface area contributed by atoms with Crippen LogP contribution in [0.1, 0.15) is 51.7 Å². The summed E-state index contributed by atoms with van der Waals surface area (Å²) in [6, 6.07) is 14.4. The molecule has 1 N–H and O–H groups in total. The summed E-state index contributed by atoms with van der Waals surface area (Å²) in [6.45, 7) is 10.1. The van der Waals surface area contributed by atoms with Crippen molar-refractivity contribution < 1.29 is 14.3 Å². The number of carbonyl (C=O) groups is 1. The van der Waals surface area contributed by atoms with Crippen LogP contribution in [0.3, 0.4) is 0 Å². The lowest BCUT2D eigenvalue weighted by molar-refractivity contribution is -0.118. The highest BCUT2D eigenvalue weighted by atomic mass is 16.5. The van der Waals surface area contributed by atoms with Crippen LogP contribution < -0.4 is 19.7 Å². The second-order valence-electron chi connectivity index (χ2n) is 8.72. The number of hydrogen-bond donors (Lipinski definition) is 1. The van der Waals surface area contributed by atoms with Crippen LogP contribution in [0.2, 0.25) is 0 Å². The first-order valence-corrected chi connectivity index (χ1v) is 11.2. The largest absolute Gasteiger partial charge is 0.490 e. The molecule has 1 saturated heterocycles. The summed E-state index contributed by atoms with van der Waals surface area (Å²) in [5.41, 5.74) is 2.49. The lowest BCUT2D eigenvalue weighted by Crippen LogP contribution is -2.58. The maximum absolute atomic E-state index is 12.5. The Morgan fingerprint density at radius 2 is 1.90 bits per heavy atom. The molecule has 1 unspecified atom stereocenters. The number of carbonyl (C=O) groups excluding carboxylic acids is 1. The molecule has 1 fully saturated rings. The van der Waals surface area contributed by atoms with Crippen LogP contribution in [0.25, 0.3) is 6.08 Å². The monoisotopic (exact) mass is 420 g/mol. The summed E-state index contributed by atoms with van der Waals surface area (Å²) in [7, 11) is 0. The third-order valence-electron chi connectivity index (χ3n) is 6.42. The molecule has 2 aromatic carbocycles. The fourth-order valence-electron chi connectivity index (χ4n) is 4.70. The Labute approximate surface area is 185 Å². The number of para-hydroxylation sites is 1. The number of hydrogen-bond acceptors (Lipinski definition) is 4. The van der Waals surface area contributed by atoms with E-state index in [4.69, 9.17) is 9.47 Å². The van der Waals surface area contributed by atoms with Crippen LogP contribution in [0.4, 0.5) is 5.69 Å². The highest BCUT2D eigenvalue weighted by Crippen LogP contribution is 2.52. The van der Waals surface area contributed by atoms with Crippen molar-refractivity contribution in [3.05, 3.63) is 59.7 Å². The highest BCUT2D eigenvalue weighted by molar-refractivity contribution is 5.91. The average molecular weight is 421 g/mol. The third kappa shape index (κ3) is 3.56. The van der Waals surface area contributed by atoms with E-state index in [-0.39, 0.29) is 11.3 Å². The van der Waals surface area contributed by atoms with E-state index in [2.05, 4.69) is 61.3 Å². The van der Waals surface area contributed by atoms with Crippen LogP contribution >= 0.6 is 0 Å². The molecule has 0 spiro atoms. The van der Waals surface area contributed by atoms with Crippen molar-refractivity contribution in [3.63, 3.8) is 0 Å². The van der Waals surface area contributed by atoms with Gasteiger partial charge in [0.15, 0.2) is 11.5 Å². The van der Waals surface area contributed by atoms with Crippen molar-refractivity contribution in [3.8, 4) is 11.5 Å².